The quantitative estimate of drug-likeness (QED) is 0.804. The lowest BCUT2D eigenvalue weighted by atomic mass is 9.93. The maximum absolute atomic E-state index is 12.9. The lowest BCUT2D eigenvalue weighted by molar-refractivity contribution is -0.922. The van der Waals surface area contributed by atoms with Gasteiger partial charge in [0, 0.05) is 12.6 Å². The summed E-state index contributed by atoms with van der Waals surface area (Å²) in [6, 6.07) is 7.02. The Morgan fingerprint density at radius 1 is 1.12 bits per heavy atom. The molecule has 6 heteroatoms. The summed E-state index contributed by atoms with van der Waals surface area (Å²) in [6.07, 6.45) is 6.24. The Bertz CT molecular complexity index is 665. The van der Waals surface area contributed by atoms with Crippen LogP contribution in [0.4, 0.5) is 11.4 Å². The number of carbonyl (C=O) groups excluding carboxylic acids is 3. The summed E-state index contributed by atoms with van der Waals surface area (Å²) in [4.78, 5) is 38.9. The number of nitrogens with zero attached hydrogens (tertiary/aromatic N) is 1. The number of hydrogen-bond donors (Lipinski definition) is 2. The molecule has 1 aromatic carbocycles. The summed E-state index contributed by atoms with van der Waals surface area (Å²) in [6.45, 7) is 1.44. The molecule has 1 saturated carbocycles. The second-order valence-electron chi connectivity index (χ2n) is 7.13. The largest absolute Gasteiger partial charge is 0.326 e. The first-order chi connectivity index (χ1) is 12.0. The lowest BCUT2D eigenvalue weighted by Crippen LogP contribution is -3.17. The van der Waals surface area contributed by atoms with E-state index < -0.39 is 0 Å². The summed E-state index contributed by atoms with van der Waals surface area (Å²) < 4.78 is 0. The van der Waals surface area contributed by atoms with Gasteiger partial charge in [-0.15, -0.1) is 0 Å². The van der Waals surface area contributed by atoms with Crippen molar-refractivity contribution in [2.75, 3.05) is 17.3 Å². The van der Waals surface area contributed by atoms with Crippen LogP contribution < -0.4 is 15.1 Å². The number of amides is 3. The molecule has 1 unspecified atom stereocenters. The van der Waals surface area contributed by atoms with E-state index in [1.54, 1.807) is 24.3 Å². The van der Waals surface area contributed by atoms with Crippen LogP contribution in [0.3, 0.4) is 0 Å². The molecule has 2 aliphatic rings. The molecular weight excluding hydrogens is 318 g/mol. The average molecular weight is 344 g/mol. The van der Waals surface area contributed by atoms with Crippen LogP contribution in [-0.2, 0) is 14.4 Å². The molecule has 1 saturated heterocycles. The minimum atomic E-state index is -0.286. The van der Waals surface area contributed by atoms with Crippen molar-refractivity contribution in [2.24, 2.45) is 0 Å². The first kappa shape index (κ1) is 17.6. The Morgan fingerprint density at radius 3 is 2.36 bits per heavy atom. The van der Waals surface area contributed by atoms with E-state index >= 15 is 0 Å². The van der Waals surface area contributed by atoms with Gasteiger partial charge in [0.25, 0.3) is 5.91 Å². The van der Waals surface area contributed by atoms with Gasteiger partial charge in [0.15, 0.2) is 6.04 Å². The number of hydrogen-bond acceptors (Lipinski definition) is 3. The Kier molecular flexibility index (Phi) is 5.18. The zero-order chi connectivity index (χ0) is 18.0. The highest BCUT2D eigenvalue weighted by molar-refractivity contribution is 6.21. The van der Waals surface area contributed by atoms with Crippen molar-refractivity contribution < 1.29 is 19.3 Å². The standard InChI is InChI=1S/C19H25N3O3/c1-13(23)20-14-8-10-16(11-9-14)22-18(24)12-17(19(22)25)21(2)15-6-4-3-5-7-15/h8-11,15,17H,3-7,12H2,1-2H3,(H,20,23)/p+1/t17-/m1/s1. The van der Waals surface area contributed by atoms with Gasteiger partial charge in [-0.25, -0.2) is 4.90 Å². The van der Waals surface area contributed by atoms with Gasteiger partial charge in [0.2, 0.25) is 11.8 Å². The maximum atomic E-state index is 12.9. The second-order valence-corrected chi connectivity index (χ2v) is 7.13. The molecule has 0 spiro atoms. The molecule has 2 atom stereocenters. The van der Waals surface area contributed by atoms with Crippen molar-refractivity contribution in [3.8, 4) is 0 Å². The van der Waals surface area contributed by atoms with Crippen LogP contribution >= 0.6 is 0 Å². The van der Waals surface area contributed by atoms with Crippen molar-refractivity contribution in [3.05, 3.63) is 24.3 Å². The van der Waals surface area contributed by atoms with E-state index in [4.69, 9.17) is 0 Å². The Hall–Kier alpha value is -2.21. The van der Waals surface area contributed by atoms with E-state index in [0.717, 1.165) is 12.8 Å². The Morgan fingerprint density at radius 2 is 1.76 bits per heavy atom. The summed E-state index contributed by atoms with van der Waals surface area (Å²) in [5.74, 6) is -0.406. The highest BCUT2D eigenvalue weighted by Gasteiger charge is 2.46. The number of nitrogens with one attached hydrogen (secondary N) is 2. The molecule has 134 valence electrons. The predicted molar refractivity (Wildman–Crippen MR) is 95.4 cm³/mol. The van der Waals surface area contributed by atoms with Gasteiger partial charge in [-0.2, -0.15) is 0 Å². The molecule has 3 amide bonds. The number of benzene rings is 1. The molecule has 3 rings (SSSR count). The zero-order valence-corrected chi connectivity index (χ0v) is 14.9. The lowest BCUT2D eigenvalue weighted by Gasteiger charge is -2.31. The third-order valence-electron chi connectivity index (χ3n) is 5.39. The van der Waals surface area contributed by atoms with Crippen molar-refractivity contribution in [1.29, 1.82) is 0 Å². The van der Waals surface area contributed by atoms with E-state index in [-0.39, 0.29) is 30.2 Å². The van der Waals surface area contributed by atoms with E-state index in [1.165, 1.54) is 36.0 Å². The van der Waals surface area contributed by atoms with Gasteiger partial charge in [-0.1, -0.05) is 6.42 Å². The smallest absolute Gasteiger partial charge is 0.292 e. The highest BCUT2D eigenvalue weighted by Crippen LogP contribution is 2.24. The first-order valence-corrected chi connectivity index (χ1v) is 9.05. The molecule has 2 N–H and O–H groups in total. The van der Waals surface area contributed by atoms with Gasteiger partial charge in [-0.3, -0.25) is 14.4 Å². The molecule has 0 aromatic heterocycles. The fraction of sp³-hybridized carbons (Fsp3) is 0.526. The average Bonchev–Trinajstić information content (AvgIpc) is 2.90. The molecular formula is C19H26N3O3+. The number of rotatable bonds is 4. The molecule has 0 bridgehead atoms. The molecule has 2 fully saturated rings. The van der Waals surface area contributed by atoms with Gasteiger partial charge in [0.05, 0.1) is 25.2 Å². The molecule has 1 aliphatic heterocycles. The van der Waals surface area contributed by atoms with Crippen LogP contribution in [0, 0.1) is 0 Å². The van der Waals surface area contributed by atoms with E-state index in [1.807, 2.05) is 0 Å². The van der Waals surface area contributed by atoms with Gasteiger partial charge in [0.1, 0.15) is 0 Å². The minimum Gasteiger partial charge on any atom is -0.326 e. The molecule has 25 heavy (non-hydrogen) atoms. The zero-order valence-electron chi connectivity index (χ0n) is 14.9. The van der Waals surface area contributed by atoms with Crippen molar-refractivity contribution in [3.63, 3.8) is 0 Å². The van der Waals surface area contributed by atoms with E-state index in [9.17, 15) is 14.4 Å². The summed E-state index contributed by atoms with van der Waals surface area (Å²) in [5, 5.41) is 2.68. The van der Waals surface area contributed by atoms with Gasteiger partial charge in [-0.05, 0) is 49.9 Å². The van der Waals surface area contributed by atoms with Crippen LogP contribution in [0.15, 0.2) is 24.3 Å². The van der Waals surface area contributed by atoms with Crippen molar-refractivity contribution in [2.45, 2.75) is 57.5 Å². The minimum absolute atomic E-state index is 0.111. The molecule has 6 nitrogen and oxygen atoms in total. The monoisotopic (exact) mass is 344 g/mol. The van der Waals surface area contributed by atoms with Gasteiger partial charge >= 0.3 is 0 Å². The topological polar surface area (TPSA) is 70.9 Å². The molecule has 0 radical (unpaired) electrons. The number of imide groups is 1. The maximum Gasteiger partial charge on any atom is 0.292 e. The van der Waals surface area contributed by atoms with Crippen molar-refractivity contribution in [1.82, 2.24) is 0 Å². The summed E-state index contributed by atoms with van der Waals surface area (Å²) in [7, 11) is 2.05. The Balaban J connectivity index is 1.73. The van der Waals surface area contributed by atoms with E-state index in [2.05, 4.69) is 12.4 Å². The number of likely N-dealkylation sites (N-methyl/N-ethyl adjacent to an activating group) is 1. The van der Waals surface area contributed by atoms with Crippen LogP contribution in [0.2, 0.25) is 0 Å². The summed E-state index contributed by atoms with van der Waals surface area (Å²) >= 11 is 0. The van der Waals surface area contributed by atoms with Crippen LogP contribution in [-0.4, -0.2) is 36.9 Å². The van der Waals surface area contributed by atoms with Crippen LogP contribution in [0.25, 0.3) is 0 Å². The molecule has 1 heterocycles. The third-order valence-corrected chi connectivity index (χ3v) is 5.39. The fourth-order valence-electron chi connectivity index (χ4n) is 4.00. The second kappa shape index (κ2) is 7.35. The van der Waals surface area contributed by atoms with Crippen molar-refractivity contribution >= 4 is 29.1 Å². The predicted octanol–water partition coefficient (Wildman–Crippen LogP) is 1.12. The molecule has 1 aromatic rings. The number of quaternary nitrogens is 1. The van der Waals surface area contributed by atoms with E-state index in [0.29, 0.717) is 17.4 Å². The fourth-order valence-corrected chi connectivity index (χ4v) is 4.00. The van der Waals surface area contributed by atoms with Crippen LogP contribution in [0.5, 0.6) is 0 Å². The molecule has 1 aliphatic carbocycles. The first-order valence-electron chi connectivity index (χ1n) is 9.05. The van der Waals surface area contributed by atoms with Crippen LogP contribution in [0.1, 0.15) is 45.4 Å². The normalized spacial score (nSPS) is 23.0. The number of anilines is 2. The summed E-state index contributed by atoms with van der Waals surface area (Å²) in [5.41, 5.74) is 1.22. The highest BCUT2D eigenvalue weighted by atomic mass is 16.2. The number of carbonyl (C=O) groups is 3. The Labute approximate surface area is 148 Å². The van der Waals surface area contributed by atoms with Gasteiger partial charge < -0.3 is 10.2 Å². The SMILES string of the molecule is CC(=O)Nc1ccc(N2C(=O)C[C@@H]([NH+](C)C3CCCCC3)C2=O)cc1. The third kappa shape index (κ3) is 3.74.